The van der Waals surface area contributed by atoms with E-state index in [-0.39, 0.29) is 71.8 Å². The molecule has 10 heteroatoms. The van der Waals surface area contributed by atoms with Gasteiger partial charge in [0, 0.05) is 39.0 Å². The van der Waals surface area contributed by atoms with E-state index in [0.717, 1.165) is 0 Å². The molecule has 12 heavy (non-hydrogen) atoms. The molecule has 0 aromatic carbocycles. The van der Waals surface area contributed by atoms with Crippen molar-refractivity contribution in [2.45, 2.75) is 13.2 Å². The molecule has 0 saturated carbocycles. The molecule has 0 unspecified atom stereocenters. The normalized spacial score (nSPS) is 3.00. The molecule has 0 fully saturated rings. The van der Waals surface area contributed by atoms with Crippen molar-refractivity contribution in [3.63, 3.8) is 0 Å². The zero-order valence-corrected chi connectivity index (χ0v) is 9.42. The van der Waals surface area contributed by atoms with Crippen LogP contribution in [0.3, 0.4) is 0 Å². The first-order valence-corrected chi connectivity index (χ1v) is 1.09. The molecule has 0 heterocycles. The van der Waals surface area contributed by atoms with Crippen molar-refractivity contribution in [1.82, 2.24) is 0 Å². The molecular weight excluding hydrogens is 358 g/mol. The Hall–Kier alpha value is 0.927. The van der Waals surface area contributed by atoms with Crippen molar-refractivity contribution in [1.29, 1.82) is 0 Å². The third-order valence-corrected chi connectivity index (χ3v) is 0. The van der Waals surface area contributed by atoms with Crippen molar-refractivity contribution in [2.24, 2.45) is 0 Å². The van der Waals surface area contributed by atoms with Gasteiger partial charge in [-0.3, -0.25) is 0 Å². The number of hydrogen-bond donors (Lipinski definition) is 2. The summed E-state index contributed by atoms with van der Waals surface area (Å²) in [6.07, 6.45) is -1.17. The Morgan fingerprint density at radius 2 is 0.667 bits per heavy atom. The Labute approximate surface area is 95.3 Å². The van der Waals surface area contributed by atoms with Crippen LogP contribution in [0.15, 0.2) is 0 Å². The zero-order chi connectivity index (χ0) is 3.58. The second-order valence-electron chi connectivity index (χ2n) is 0.632. The van der Waals surface area contributed by atoms with Crippen LogP contribution in [0.25, 0.3) is 0 Å². The largest absolute Gasteiger partial charge is 0.412 e. The third kappa shape index (κ3) is 1250. The van der Waals surface area contributed by atoms with E-state index < -0.39 is 6.29 Å². The van der Waals surface area contributed by atoms with Gasteiger partial charge in [0.25, 0.3) is 0 Å². The fraction of sp³-hybridized carbons (Fsp3) is 1.00. The molecule has 0 rings (SSSR count). The van der Waals surface area contributed by atoms with Gasteiger partial charge in [0.1, 0.15) is 6.29 Å². The Kier molecular flexibility index (Phi) is 918. The van der Waals surface area contributed by atoms with Gasteiger partial charge in [-0.05, 0) is 6.92 Å². The van der Waals surface area contributed by atoms with Crippen LogP contribution in [0.5, 0.6) is 0 Å². The maximum Gasteiger partial charge on any atom is 0.148 e. The predicted octanol–water partition coefficient (Wildman–Crippen LogP) is -5.64. The van der Waals surface area contributed by atoms with Gasteiger partial charge >= 0.3 is 0 Å². The minimum atomic E-state index is -1.17. The van der Waals surface area contributed by atoms with Gasteiger partial charge in [0.15, 0.2) is 0 Å². The molecule has 0 aliphatic rings. The summed E-state index contributed by atoms with van der Waals surface area (Å²) in [5, 5.41) is 15.2. The summed E-state index contributed by atoms with van der Waals surface area (Å²) >= 11 is 0. The van der Waals surface area contributed by atoms with Gasteiger partial charge in [0.2, 0.25) is 0 Å². The van der Waals surface area contributed by atoms with Gasteiger partial charge in [-0.25, -0.2) is 0 Å². The van der Waals surface area contributed by atoms with Crippen LogP contribution in [0.2, 0.25) is 0 Å². The van der Waals surface area contributed by atoms with E-state index in [1.54, 1.807) is 0 Å². The van der Waals surface area contributed by atoms with Crippen LogP contribution in [0, 0.1) is 0 Å². The molecule has 0 aliphatic heterocycles. The Morgan fingerprint density at radius 3 is 0.667 bits per heavy atom. The van der Waals surface area contributed by atoms with Crippen LogP contribution in [0.1, 0.15) is 6.92 Å². The molecule has 2 radical (unpaired) electrons. The monoisotopic (exact) mass is 376 g/mol. The SMILES string of the molecule is CC(O)O.O.O.O.O.O.O.[Rh].[Rh]. The molecular formula is C2H18O8Rh2. The van der Waals surface area contributed by atoms with E-state index >= 15 is 0 Å². The van der Waals surface area contributed by atoms with Crippen molar-refractivity contribution < 1.29 is 82.0 Å². The van der Waals surface area contributed by atoms with Crippen LogP contribution in [-0.4, -0.2) is 49.4 Å². The predicted molar refractivity (Wildman–Crippen MR) is 35.6 cm³/mol. The summed E-state index contributed by atoms with van der Waals surface area (Å²) in [4.78, 5) is 0. The van der Waals surface area contributed by atoms with E-state index in [9.17, 15) is 0 Å². The molecule has 0 spiro atoms. The van der Waals surface area contributed by atoms with E-state index in [1.807, 2.05) is 0 Å². The molecule has 0 aliphatic carbocycles. The first-order chi connectivity index (χ1) is 1.73. The van der Waals surface area contributed by atoms with Crippen molar-refractivity contribution >= 4 is 0 Å². The minimum absolute atomic E-state index is 0. The minimum Gasteiger partial charge on any atom is -0.412 e. The maximum atomic E-state index is 7.61. The van der Waals surface area contributed by atoms with Crippen molar-refractivity contribution in [3.8, 4) is 0 Å². The Balaban J connectivity index is -0.00000000161. The number of aliphatic hydroxyl groups is 2. The maximum absolute atomic E-state index is 7.61. The fourth-order valence-electron chi connectivity index (χ4n) is 0. The van der Waals surface area contributed by atoms with Gasteiger partial charge in [-0.15, -0.1) is 0 Å². The van der Waals surface area contributed by atoms with Crippen LogP contribution in [0.4, 0.5) is 0 Å². The molecule has 0 saturated heterocycles. The second-order valence-corrected chi connectivity index (χ2v) is 0.632. The molecule has 0 aromatic rings. The summed E-state index contributed by atoms with van der Waals surface area (Å²) in [6, 6.07) is 0. The van der Waals surface area contributed by atoms with Crippen molar-refractivity contribution in [2.75, 3.05) is 0 Å². The first kappa shape index (κ1) is 119. The van der Waals surface area contributed by atoms with E-state index in [2.05, 4.69) is 0 Å². The fourth-order valence-corrected chi connectivity index (χ4v) is 0. The smallest absolute Gasteiger partial charge is 0.148 e. The Morgan fingerprint density at radius 1 is 0.667 bits per heavy atom. The van der Waals surface area contributed by atoms with Crippen LogP contribution in [-0.2, 0) is 39.0 Å². The molecule has 14 N–H and O–H groups in total. The second kappa shape index (κ2) is 92.4. The summed E-state index contributed by atoms with van der Waals surface area (Å²) in [6.45, 7) is 1.28. The van der Waals surface area contributed by atoms with Crippen LogP contribution < -0.4 is 0 Å². The number of rotatable bonds is 0. The van der Waals surface area contributed by atoms with Gasteiger partial charge in [-0.1, -0.05) is 0 Å². The summed E-state index contributed by atoms with van der Waals surface area (Å²) < 4.78 is 0. The summed E-state index contributed by atoms with van der Waals surface area (Å²) in [7, 11) is 0. The average Bonchev–Trinajstić information content (AvgIpc) is 0.811. The molecule has 0 bridgehead atoms. The Bertz CT molecular complexity index is 19.8. The quantitative estimate of drug-likeness (QED) is 0.311. The third-order valence-electron chi connectivity index (χ3n) is 0. The first-order valence-electron chi connectivity index (χ1n) is 1.09. The van der Waals surface area contributed by atoms with E-state index in [4.69, 9.17) is 10.2 Å². The van der Waals surface area contributed by atoms with Gasteiger partial charge in [0.05, 0.1) is 0 Å². The topological polar surface area (TPSA) is 229 Å². The van der Waals surface area contributed by atoms with Gasteiger partial charge in [-0.2, -0.15) is 0 Å². The molecule has 8 nitrogen and oxygen atoms in total. The molecule has 0 atom stereocenters. The standard InChI is InChI=1S/C2H6O2.6H2O.2Rh/c1-2(3)4;;;;;;;;/h2-4H,1H3;6*1H2;;. The van der Waals surface area contributed by atoms with E-state index in [1.165, 1.54) is 6.92 Å². The molecule has 0 aromatic heterocycles. The molecule has 92 valence electrons. The van der Waals surface area contributed by atoms with Crippen molar-refractivity contribution in [3.05, 3.63) is 0 Å². The number of aliphatic hydroxyl groups excluding tert-OH is 1. The average molecular weight is 376 g/mol. The zero-order valence-electron chi connectivity index (χ0n) is 6.14. The molecule has 0 amide bonds. The summed E-state index contributed by atoms with van der Waals surface area (Å²) in [5.41, 5.74) is 0. The number of hydrogen-bond acceptors (Lipinski definition) is 2. The van der Waals surface area contributed by atoms with Crippen LogP contribution >= 0.6 is 0 Å². The van der Waals surface area contributed by atoms with Gasteiger partial charge < -0.3 is 43.1 Å². The van der Waals surface area contributed by atoms with E-state index in [0.29, 0.717) is 0 Å². The summed E-state index contributed by atoms with van der Waals surface area (Å²) in [5.74, 6) is 0.